The van der Waals surface area contributed by atoms with Gasteiger partial charge in [0.25, 0.3) is 5.91 Å². The lowest BCUT2D eigenvalue weighted by Gasteiger charge is -2.21. The van der Waals surface area contributed by atoms with Gasteiger partial charge in [-0.1, -0.05) is 26.0 Å². The molecule has 0 saturated heterocycles. The molecule has 0 aliphatic carbocycles. The Balaban J connectivity index is 2.12. The molecule has 24 heavy (non-hydrogen) atoms. The van der Waals surface area contributed by atoms with Gasteiger partial charge in [0.05, 0.1) is 11.9 Å². The van der Waals surface area contributed by atoms with Crippen molar-refractivity contribution >= 4 is 17.3 Å². The van der Waals surface area contributed by atoms with Crippen LogP contribution in [0.25, 0.3) is 0 Å². The minimum Gasteiger partial charge on any atom is -0.354 e. The molecule has 128 valence electrons. The Kier molecular flexibility index (Phi) is 6.36. The van der Waals surface area contributed by atoms with Crippen molar-refractivity contribution in [2.45, 2.75) is 40.5 Å². The van der Waals surface area contributed by atoms with Crippen LogP contribution < -0.4 is 5.32 Å². The third-order valence-corrected chi connectivity index (χ3v) is 4.14. The van der Waals surface area contributed by atoms with Crippen LogP contribution in [0.3, 0.4) is 0 Å². The molecule has 0 unspecified atom stereocenters. The van der Waals surface area contributed by atoms with Crippen LogP contribution in [0.2, 0.25) is 0 Å². The highest BCUT2D eigenvalue weighted by atomic mass is 16.2. The van der Waals surface area contributed by atoms with E-state index in [9.17, 15) is 4.79 Å². The summed E-state index contributed by atoms with van der Waals surface area (Å²) in [5.74, 6) is 0.0111. The Morgan fingerprint density at radius 2 is 1.79 bits per heavy atom. The van der Waals surface area contributed by atoms with Gasteiger partial charge in [-0.05, 0) is 56.0 Å². The molecule has 0 radical (unpaired) electrons. The SMILES string of the molecule is CCCN(CCC)C(=O)c1ccc(Nc2cccc(C)c2C)cn1. The second kappa shape index (κ2) is 8.48. The molecule has 0 aliphatic rings. The van der Waals surface area contributed by atoms with Crippen molar-refractivity contribution in [3.8, 4) is 0 Å². The number of aromatic nitrogens is 1. The summed E-state index contributed by atoms with van der Waals surface area (Å²) in [4.78, 5) is 18.8. The Hall–Kier alpha value is -2.36. The van der Waals surface area contributed by atoms with Crippen LogP contribution in [-0.2, 0) is 0 Å². The van der Waals surface area contributed by atoms with E-state index in [-0.39, 0.29) is 5.91 Å². The Bertz CT molecular complexity index is 674. The molecule has 1 aromatic carbocycles. The van der Waals surface area contributed by atoms with Crippen molar-refractivity contribution in [2.75, 3.05) is 18.4 Å². The van der Waals surface area contributed by atoms with E-state index in [1.54, 1.807) is 12.3 Å². The number of hydrogen-bond acceptors (Lipinski definition) is 3. The fraction of sp³-hybridized carbons (Fsp3) is 0.400. The maximum Gasteiger partial charge on any atom is 0.272 e. The summed E-state index contributed by atoms with van der Waals surface area (Å²) in [6.45, 7) is 9.90. The molecule has 0 aliphatic heterocycles. The summed E-state index contributed by atoms with van der Waals surface area (Å²) in [5.41, 5.74) is 4.92. The number of carbonyl (C=O) groups is 1. The van der Waals surface area contributed by atoms with Crippen molar-refractivity contribution < 1.29 is 4.79 Å². The predicted molar refractivity (Wildman–Crippen MR) is 99.9 cm³/mol. The predicted octanol–water partition coefficient (Wildman–Crippen LogP) is 4.70. The molecule has 0 spiro atoms. The van der Waals surface area contributed by atoms with Crippen LogP contribution in [0, 0.1) is 13.8 Å². The summed E-state index contributed by atoms with van der Waals surface area (Å²) in [5, 5.41) is 3.37. The molecular formula is C20H27N3O. The van der Waals surface area contributed by atoms with Crippen LogP contribution in [-0.4, -0.2) is 28.9 Å². The van der Waals surface area contributed by atoms with Crippen LogP contribution in [0.15, 0.2) is 36.5 Å². The van der Waals surface area contributed by atoms with Gasteiger partial charge in [0.2, 0.25) is 0 Å². The lowest BCUT2D eigenvalue weighted by Crippen LogP contribution is -2.33. The first-order valence-corrected chi connectivity index (χ1v) is 8.65. The first kappa shape index (κ1) is 18.0. The first-order valence-electron chi connectivity index (χ1n) is 8.65. The summed E-state index contributed by atoms with van der Waals surface area (Å²) < 4.78 is 0. The largest absolute Gasteiger partial charge is 0.354 e. The van der Waals surface area contributed by atoms with Gasteiger partial charge in [0.1, 0.15) is 5.69 Å². The zero-order valence-corrected chi connectivity index (χ0v) is 15.1. The fourth-order valence-corrected chi connectivity index (χ4v) is 2.65. The van der Waals surface area contributed by atoms with Gasteiger partial charge in [0.15, 0.2) is 0 Å². The number of hydrogen-bond donors (Lipinski definition) is 1. The molecule has 1 amide bonds. The van der Waals surface area contributed by atoms with E-state index >= 15 is 0 Å². The van der Waals surface area contributed by atoms with E-state index in [1.165, 1.54) is 11.1 Å². The molecule has 4 nitrogen and oxygen atoms in total. The molecule has 2 aromatic rings. The van der Waals surface area contributed by atoms with E-state index in [0.717, 1.165) is 37.3 Å². The van der Waals surface area contributed by atoms with Gasteiger partial charge in [-0.15, -0.1) is 0 Å². The van der Waals surface area contributed by atoms with E-state index < -0.39 is 0 Å². The number of nitrogens with zero attached hydrogens (tertiary/aromatic N) is 2. The summed E-state index contributed by atoms with van der Waals surface area (Å²) in [6, 6.07) is 9.89. The summed E-state index contributed by atoms with van der Waals surface area (Å²) in [6.07, 6.45) is 3.64. The summed E-state index contributed by atoms with van der Waals surface area (Å²) >= 11 is 0. The molecule has 0 atom stereocenters. The zero-order valence-electron chi connectivity index (χ0n) is 15.1. The fourth-order valence-electron chi connectivity index (χ4n) is 2.65. The second-order valence-corrected chi connectivity index (χ2v) is 6.10. The number of anilines is 2. The number of benzene rings is 1. The highest BCUT2D eigenvalue weighted by Crippen LogP contribution is 2.22. The molecule has 1 aromatic heterocycles. The van der Waals surface area contributed by atoms with E-state index in [1.807, 2.05) is 23.1 Å². The smallest absolute Gasteiger partial charge is 0.272 e. The van der Waals surface area contributed by atoms with Gasteiger partial charge in [-0.25, -0.2) is 4.98 Å². The number of aryl methyl sites for hydroxylation is 1. The van der Waals surface area contributed by atoms with Gasteiger partial charge in [0, 0.05) is 18.8 Å². The molecule has 1 N–H and O–H groups in total. The molecule has 2 rings (SSSR count). The average molecular weight is 325 g/mol. The standard InChI is InChI=1S/C20H27N3O/c1-5-12-23(13-6-2)20(24)19-11-10-17(14-21-19)22-18-9-7-8-15(3)16(18)4/h7-11,14,22H,5-6,12-13H2,1-4H3. The third-order valence-electron chi connectivity index (χ3n) is 4.14. The second-order valence-electron chi connectivity index (χ2n) is 6.10. The van der Waals surface area contributed by atoms with Gasteiger partial charge >= 0.3 is 0 Å². The van der Waals surface area contributed by atoms with E-state index in [0.29, 0.717) is 5.69 Å². The Morgan fingerprint density at radius 1 is 1.08 bits per heavy atom. The number of rotatable bonds is 7. The van der Waals surface area contributed by atoms with Crippen LogP contribution in [0.5, 0.6) is 0 Å². The van der Waals surface area contributed by atoms with Crippen molar-refractivity contribution in [1.29, 1.82) is 0 Å². The van der Waals surface area contributed by atoms with Crippen molar-refractivity contribution in [3.05, 3.63) is 53.3 Å². The van der Waals surface area contributed by atoms with Crippen molar-refractivity contribution in [3.63, 3.8) is 0 Å². The zero-order chi connectivity index (χ0) is 17.5. The van der Waals surface area contributed by atoms with Gasteiger partial charge < -0.3 is 10.2 Å². The summed E-state index contributed by atoms with van der Waals surface area (Å²) in [7, 11) is 0. The number of carbonyl (C=O) groups excluding carboxylic acids is 1. The molecule has 0 bridgehead atoms. The molecule has 4 heteroatoms. The van der Waals surface area contributed by atoms with Crippen molar-refractivity contribution in [1.82, 2.24) is 9.88 Å². The normalized spacial score (nSPS) is 10.5. The lowest BCUT2D eigenvalue weighted by molar-refractivity contribution is 0.0749. The lowest BCUT2D eigenvalue weighted by atomic mass is 10.1. The molecule has 0 fully saturated rings. The third kappa shape index (κ3) is 4.34. The van der Waals surface area contributed by atoms with E-state index in [2.05, 4.69) is 44.1 Å². The number of pyridine rings is 1. The highest BCUT2D eigenvalue weighted by Gasteiger charge is 2.15. The maximum atomic E-state index is 12.5. The molecule has 0 saturated carbocycles. The van der Waals surface area contributed by atoms with Crippen molar-refractivity contribution in [2.24, 2.45) is 0 Å². The van der Waals surface area contributed by atoms with Crippen LogP contribution in [0.4, 0.5) is 11.4 Å². The Morgan fingerprint density at radius 3 is 2.38 bits per heavy atom. The van der Waals surface area contributed by atoms with Crippen LogP contribution in [0.1, 0.15) is 48.3 Å². The highest BCUT2D eigenvalue weighted by molar-refractivity contribution is 5.92. The van der Waals surface area contributed by atoms with Gasteiger partial charge in [-0.3, -0.25) is 4.79 Å². The van der Waals surface area contributed by atoms with E-state index in [4.69, 9.17) is 0 Å². The average Bonchev–Trinajstić information content (AvgIpc) is 2.59. The Labute approximate surface area is 144 Å². The monoisotopic (exact) mass is 325 g/mol. The number of amides is 1. The molecule has 1 heterocycles. The molecular weight excluding hydrogens is 298 g/mol. The van der Waals surface area contributed by atoms with Gasteiger partial charge in [-0.2, -0.15) is 0 Å². The first-order chi connectivity index (χ1) is 11.6. The quantitative estimate of drug-likeness (QED) is 0.802. The topological polar surface area (TPSA) is 45.2 Å². The minimum atomic E-state index is 0.0111. The van der Waals surface area contributed by atoms with Crippen LogP contribution >= 0.6 is 0 Å². The minimum absolute atomic E-state index is 0.0111. The number of nitrogens with one attached hydrogen (secondary N) is 1. The maximum absolute atomic E-state index is 12.5.